The lowest BCUT2D eigenvalue weighted by molar-refractivity contribution is -0.321. The molecule has 0 aromatic rings. The Bertz CT molecular complexity index is 379. The van der Waals surface area contributed by atoms with Gasteiger partial charge in [0.1, 0.15) is 0 Å². The van der Waals surface area contributed by atoms with Crippen LogP contribution in [0.5, 0.6) is 0 Å². The molecule has 0 radical (unpaired) electrons. The summed E-state index contributed by atoms with van der Waals surface area (Å²) in [4.78, 5) is 0. The minimum atomic E-state index is -5.67. The Morgan fingerprint density at radius 1 is 1.05 bits per heavy atom. The minimum Gasteiger partial charge on any atom is -0.237 e. The highest BCUT2D eigenvalue weighted by molar-refractivity contribution is 5.11. The zero-order valence-electron chi connectivity index (χ0n) is 10.6. The number of hydrogen-bond acceptors (Lipinski definition) is 0. The van der Waals surface area contributed by atoms with E-state index in [0.717, 1.165) is 6.92 Å². The molecule has 0 aromatic carbocycles. The van der Waals surface area contributed by atoms with Gasteiger partial charge in [-0.15, -0.1) is 0 Å². The fourth-order valence-corrected chi connectivity index (χ4v) is 2.15. The number of rotatable bonds is 6. The van der Waals surface area contributed by atoms with E-state index in [2.05, 4.69) is 0 Å². The monoisotopic (exact) mass is 334 g/mol. The van der Waals surface area contributed by atoms with E-state index >= 15 is 0 Å². The van der Waals surface area contributed by atoms with Crippen LogP contribution < -0.4 is 0 Å². The Balaban J connectivity index is 3.00. The summed E-state index contributed by atoms with van der Waals surface area (Å²) in [7, 11) is 0. The maximum atomic E-state index is 13.8. The molecule has 0 heterocycles. The first-order chi connectivity index (χ1) is 9.19. The van der Waals surface area contributed by atoms with E-state index in [0.29, 0.717) is 0 Å². The molecular weight excluding hydrogens is 322 g/mol. The van der Waals surface area contributed by atoms with Gasteiger partial charge in [-0.1, -0.05) is 6.92 Å². The van der Waals surface area contributed by atoms with Gasteiger partial charge in [0.25, 0.3) is 12.3 Å². The van der Waals surface area contributed by atoms with Crippen molar-refractivity contribution in [3.8, 4) is 0 Å². The summed E-state index contributed by atoms with van der Waals surface area (Å²) in [6.07, 6.45) is -13.0. The zero-order chi connectivity index (χ0) is 16.9. The Morgan fingerprint density at radius 3 is 1.81 bits per heavy atom. The van der Waals surface area contributed by atoms with E-state index in [1.165, 1.54) is 0 Å². The molecule has 0 N–H and O–H groups in total. The van der Waals surface area contributed by atoms with Crippen LogP contribution in [0.25, 0.3) is 0 Å². The van der Waals surface area contributed by atoms with Gasteiger partial charge in [0.15, 0.2) is 5.67 Å². The highest BCUT2D eigenvalue weighted by Gasteiger charge is 2.75. The van der Waals surface area contributed by atoms with Crippen molar-refractivity contribution >= 4 is 0 Å². The third kappa shape index (κ3) is 2.81. The van der Waals surface area contributed by atoms with Crippen LogP contribution in [-0.2, 0) is 0 Å². The molecular formula is C11H12F10. The van der Waals surface area contributed by atoms with Crippen LogP contribution >= 0.6 is 0 Å². The Hall–Kier alpha value is -0.700. The molecule has 0 nitrogen and oxygen atoms in total. The van der Waals surface area contributed by atoms with E-state index < -0.39 is 54.8 Å². The van der Waals surface area contributed by atoms with Gasteiger partial charge in [-0.05, 0) is 18.8 Å². The zero-order valence-corrected chi connectivity index (χ0v) is 10.6. The van der Waals surface area contributed by atoms with E-state index in [1.807, 2.05) is 0 Å². The minimum absolute atomic E-state index is 0.151. The lowest BCUT2D eigenvalue weighted by Crippen LogP contribution is -2.64. The molecule has 10 heteroatoms. The molecule has 0 aromatic heterocycles. The van der Waals surface area contributed by atoms with Gasteiger partial charge in [-0.2, -0.15) is 17.6 Å². The summed E-state index contributed by atoms with van der Waals surface area (Å²) in [6.45, 7) is 0.892. The molecule has 1 fully saturated rings. The van der Waals surface area contributed by atoms with Crippen LogP contribution in [0.4, 0.5) is 43.9 Å². The Labute approximate surface area is 113 Å². The van der Waals surface area contributed by atoms with Crippen LogP contribution in [0.2, 0.25) is 0 Å². The normalized spacial score (nSPS) is 29.4. The molecule has 126 valence electrons. The van der Waals surface area contributed by atoms with Crippen LogP contribution in [0.15, 0.2) is 0 Å². The molecule has 1 saturated carbocycles. The Morgan fingerprint density at radius 2 is 1.52 bits per heavy atom. The second-order valence-electron chi connectivity index (χ2n) is 5.26. The van der Waals surface area contributed by atoms with Crippen molar-refractivity contribution in [1.29, 1.82) is 0 Å². The van der Waals surface area contributed by atoms with Crippen molar-refractivity contribution in [3.05, 3.63) is 0 Å². The molecule has 21 heavy (non-hydrogen) atoms. The third-order valence-corrected chi connectivity index (χ3v) is 3.79. The van der Waals surface area contributed by atoms with E-state index in [1.54, 1.807) is 0 Å². The summed E-state index contributed by atoms with van der Waals surface area (Å²) in [5.74, 6) is -18.1. The number of alkyl halides is 10. The maximum absolute atomic E-state index is 13.8. The SMILES string of the molecule is CC1CCC1(F)C(F)(F)C(F)(F)CC(F)(F)C(F)C(F)F. The van der Waals surface area contributed by atoms with Crippen LogP contribution in [0, 0.1) is 5.92 Å². The average Bonchev–Trinajstić information content (AvgIpc) is 2.33. The molecule has 3 unspecified atom stereocenters. The highest BCUT2D eigenvalue weighted by Crippen LogP contribution is 2.59. The van der Waals surface area contributed by atoms with Crippen LogP contribution in [-0.4, -0.2) is 36.0 Å². The molecule has 1 rings (SSSR count). The van der Waals surface area contributed by atoms with Gasteiger partial charge in [0, 0.05) is 0 Å². The molecule has 0 saturated heterocycles. The summed E-state index contributed by atoms with van der Waals surface area (Å²) >= 11 is 0. The van der Waals surface area contributed by atoms with Gasteiger partial charge < -0.3 is 0 Å². The van der Waals surface area contributed by atoms with Gasteiger partial charge in [0.05, 0.1) is 6.42 Å². The van der Waals surface area contributed by atoms with Gasteiger partial charge >= 0.3 is 11.8 Å². The number of hydrogen-bond donors (Lipinski definition) is 0. The first-order valence-electron chi connectivity index (χ1n) is 5.93. The molecule has 0 bridgehead atoms. The second-order valence-corrected chi connectivity index (χ2v) is 5.26. The molecule has 3 atom stereocenters. The molecule has 0 aliphatic heterocycles. The van der Waals surface area contributed by atoms with E-state index in [-0.39, 0.29) is 6.42 Å². The fraction of sp³-hybridized carbons (Fsp3) is 1.00. The van der Waals surface area contributed by atoms with Crippen molar-refractivity contribution in [1.82, 2.24) is 0 Å². The predicted molar refractivity (Wildman–Crippen MR) is 52.6 cm³/mol. The van der Waals surface area contributed by atoms with Crippen LogP contribution in [0.3, 0.4) is 0 Å². The topological polar surface area (TPSA) is 0 Å². The molecule has 0 spiro atoms. The highest BCUT2D eigenvalue weighted by atomic mass is 19.3. The summed E-state index contributed by atoms with van der Waals surface area (Å²) in [5.41, 5.74) is -3.72. The van der Waals surface area contributed by atoms with Gasteiger partial charge in [0.2, 0.25) is 6.17 Å². The first-order valence-corrected chi connectivity index (χ1v) is 5.93. The molecule has 0 amide bonds. The van der Waals surface area contributed by atoms with Gasteiger partial charge in [-0.3, -0.25) is 0 Å². The average molecular weight is 334 g/mol. The Kier molecular flexibility index (Phi) is 4.53. The van der Waals surface area contributed by atoms with Crippen molar-refractivity contribution in [3.63, 3.8) is 0 Å². The summed E-state index contributed by atoms with van der Waals surface area (Å²) in [6, 6.07) is 0. The van der Waals surface area contributed by atoms with Crippen molar-refractivity contribution < 1.29 is 43.9 Å². The van der Waals surface area contributed by atoms with Crippen molar-refractivity contribution in [2.45, 2.75) is 62.2 Å². The van der Waals surface area contributed by atoms with E-state index in [4.69, 9.17) is 0 Å². The summed E-state index contributed by atoms with van der Waals surface area (Å²) in [5, 5.41) is 0. The lowest BCUT2D eigenvalue weighted by atomic mass is 9.66. The lowest BCUT2D eigenvalue weighted by Gasteiger charge is -2.48. The van der Waals surface area contributed by atoms with E-state index in [9.17, 15) is 43.9 Å². The van der Waals surface area contributed by atoms with Gasteiger partial charge in [-0.25, -0.2) is 26.3 Å². The third-order valence-electron chi connectivity index (χ3n) is 3.79. The largest absolute Gasteiger partial charge is 0.343 e. The molecule has 1 aliphatic carbocycles. The standard InChI is InChI=1S/C11H12F10/c1-5-2-3-8(5,15)11(20,21)10(18,19)4-9(16,17)6(12)7(13)14/h5-7H,2-4H2,1H3. The van der Waals surface area contributed by atoms with Crippen LogP contribution in [0.1, 0.15) is 26.2 Å². The first kappa shape index (κ1) is 18.3. The van der Waals surface area contributed by atoms with Crippen molar-refractivity contribution in [2.24, 2.45) is 5.92 Å². The molecule has 1 aliphatic rings. The maximum Gasteiger partial charge on any atom is 0.343 e. The summed E-state index contributed by atoms with van der Waals surface area (Å²) < 4.78 is 129. The fourth-order valence-electron chi connectivity index (χ4n) is 2.15. The second kappa shape index (κ2) is 5.19. The smallest absolute Gasteiger partial charge is 0.237 e. The number of halogens is 10. The van der Waals surface area contributed by atoms with Crippen molar-refractivity contribution in [2.75, 3.05) is 0 Å². The predicted octanol–water partition coefficient (Wildman–Crippen LogP) is 5.02. The quantitative estimate of drug-likeness (QED) is 0.598.